The summed E-state index contributed by atoms with van der Waals surface area (Å²) in [6.07, 6.45) is 3.71. The fourth-order valence-corrected chi connectivity index (χ4v) is 2.09. The third-order valence-corrected chi connectivity index (χ3v) is 3.12. The molecule has 1 saturated carbocycles. The Morgan fingerprint density at radius 1 is 1.47 bits per heavy atom. The third-order valence-electron chi connectivity index (χ3n) is 3.12. The van der Waals surface area contributed by atoms with Crippen LogP contribution in [0.25, 0.3) is 0 Å². The lowest BCUT2D eigenvalue weighted by molar-refractivity contribution is 0.0912. The number of aromatic hydroxyl groups is 1. The van der Waals surface area contributed by atoms with Crippen molar-refractivity contribution in [3.8, 4) is 5.75 Å². The van der Waals surface area contributed by atoms with Gasteiger partial charge in [0.25, 0.3) is 5.91 Å². The van der Waals surface area contributed by atoms with Crippen molar-refractivity contribution in [2.24, 2.45) is 5.92 Å². The molecule has 5 nitrogen and oxygen atoms in total. The van der Waals surface area contributed by atoms with E-state index >= 15 is 0 Å². The molecule has 92 valence electrons. The van der Waals surface area contributed by atoms with Gasteiger partial charge in [0.15, 0.2) is 0 Å². The molecule has 1 aliphatic rings. The number of aliphatic hydroxyl groups is 1. The predicted molar refractivity (Wildman–Crippen MR) is 61.6 cm³/mol. The fourth-order valence-electron chi connectivity index (χ4n) is 2.09. The lowest BCUT2D eigenvalue weighted by Crippen LogP contribution is -2.32. The molecule has 3 N–H and O–H groups in total. The molecule has 1 heterocycles. The van der Waals surface area contributed by atoms with Gasteiger partial charge >= 0.3 is 0 Å². The first-order valence-corrected chi connectivity index (χ1v) is 5.78. The molecule has 17 heavy (non-hydrogen) atoms. The Hall–Kier alpha value is -1.62. The minimum Gasteiger partial charge on any atom is -0.506 e. The maximum atomic E-state index is 11.7. The van der Waals surface area contributed by atoms with Gasteiger partial charge in [-0.2, -0.15) is 0 Å². The quantitative estimate of drug-likeness (QED) is 0.720. The Morgan fingerprint density at radius 3 is 2.88 bits per heavy atom. The number of amides is 1. The molecule has 1 aromatic heterocycles. The normalized spacial score (nSPS) is 23.6. The number of hydrogen-bond acceptors (Lipinski definition) is 4. The Bertz CT molecular complexity index is 391. The summed E-state index contributed by atoms with van der Waals surface area (Å²) in [7, 11) is 0. The second kappa shape index (κ2) is 5.14. The van der Waals surface area contributed by atoms with E-state index in [1.54, 1.807) is 0 Å². The van der Waals surface area contributed by atoms with E-state index in [1.807, 2.05) is 0 Å². The Labute approximate surface area is 99.5 Å². The summed E-state index contributed by atoms with van der Waals surface area (Å²) in [5.41, 5.74) is 0.273. The Kier molecular flexibility index (Phi) is 3.58. The fraction of sp³-hybridized carbons (Fsp3) is 0.500. The molecule has 5 heteroatoms. The number of pyridine rings is 1. The second-order valence-electron chi connectivity index (χ2n) is 4.37. The van der Waals surface area contributed by atoms with Crippen molar-refractivity contribution in [2.75, 3.05) is 6.54 Å². The molecular weight excluding hydrogens is 220 g/mol. The zero-order valence-electron chi connectivity index (χ0n) is 9.47. The van der Waals surface area contributed by atoms with Gasteiger partial charge in [0.2, 0.25) is 0 Å². The van der Waals surface area contributed by atoms with E-state index in [2.05, 4.69) is 10.3 Å². The summed E-state index contributed by atoms with van der Waals surface area (Å²) < 4.78 is 0. The highest BCUT2D eigenvalue weighted by Gasteiger charge is 2.25. The second-order valence-corrected chi connectivity index (χ2v) is 4.37. The first-order chi connectivity index (χ1) is 8.16. The van der Waals surface area contributed by atoms with Crippen molar-refractivity contribution in [3.05, 3.63) is 24.0 Å². The summed E-state index contributed by atoms with van der Waals surface area (Å²) >= 11 is 0. The number of aliphatic hydroxyl groups excluding tert-OH is 1. The van der Waals surface area contributed by atoms with Gasteiger partial charge in [-0.25, -0.2) is 4.98 Å². The van der Waals surface area contributed by atoms with Gasteiger partial charge in [-0.1, -0.05) is 6.42 Å². The van der Waals surface area contributed by atoms with Gasteiger partial charge in [-0.3, -0.25) is 4.79 Å². The molecule has 2 atom stereocenters. The van der Waals surface area contributed by atoms with Gasteiger partial charge in [0, 0.05) is 12.5 Å². The largest absolute Gasteiger partial charge is 0.506 e. The minimum absolute atomic E-state index is 0.0350. The van der Waals surface area contributed by atoms with Crippen molar-refractivity contribution in [1.82, 2.24) is 10.3 Å². The van der Waals surface area contributed by atoms with Crippen molar-refractivity contribution in [3.63, 3.8) is 0 Å². The van der Waals surface area contributed by atoms with Gasteiger partial charge in [0.05, 0.1) is 12.3 Å². The molecule has 0 aromatic carbocycles. The Balaban J connectivity index is 1.87. The highest BCUT2D eigenvalue weighted by Crippen LogP contribution is 2.24. The standard InChI is InChI=1S/C12H16N2O3/c15-9-4-5-10(13-7-9)12(17)14-6-8-2-1-3-11(8)16/h4-5,7-8,11,15-16H,1-3,6H2,(H,14,17)/t8-,11+/m1/s1. The maximum absolute atomic E-state index is 11.7. The maximum Gasteiger partial charge on any atom is 0.269 e. The van der Waals surface area contributed by atoms with Crippen molar-refractivity contribution in [2.45, 2.75) is 25.4 Å². The van der Waals surface area contributed by atoms with E-state index in [9.17, 15) is 9.90 Å². The van der Waals surface area contributed by atoms with Crippen LogP contribution in [-0.4, -0.2) is 33.8 Å². The molecule has 1 fully saturated rings. The van der Waals surface area contributed by atoms with Crippen LogP contribution in [0.2, 0.25) is 0 Å². The molecule has 0 bridgehead atoms. The van der Waals surface area contributed by atoms with E-state index in [0.717, 1.165) is 19.3 Å². The molecule has 1 aromatic rings. The average Bonchev–Trinajstić information content (AvgIpc) is 2.73. The van der Waals surface area contributed by atoms with Crippen LogP contribution in [0.1, 0.15) is 29.8 Å². The van der Waals surface area contributed by atoms with Crippen molar-refractivity contribution >= 4 is 5.91 Å². The van der Waals surface area contributed by atoms with E-state index in [1.165, 1.54) is 18.3 Å². The molecule has 0 aliphatic heterocycles. The molecular formula is C12H16N2O3. The molecule has 1 aliphatic carbocycles. The SMILES string of the molecule is O=C(NC[C@H]1CCC[C@@H]1O)c1ccc(O)cn1. The van der Waals surface area contributed by atoms with Crippen molar-refractivity contribution < 1.29 is 15.0 Å². The molecule has 0 spiro atoms. The highest BCUT2D eigenvalue weighted by atomic mass is 16.3. The molecule has 0 unspecified atom stereocenters. The number of nitrogens with zero attached hydrogens (tertiary/aromatic N) is 1. The minimum atomic E-state index is -0.303. The van der Waals surface area contributed by atoms with Gasteiger partial charge in [0.1, 0.15) is 11.4 Å². The zero-order valence-corrected chi connectivity index (χ0v) is 9.47. The lowest BCUT2D eigenvalue weighted by atomic mass is 10.1. The lowest BCUT2D eigenvalue weighted by Gasteiger charge is -2.14. The van der Waals surface area contributed by atoms with E-state index in [-0.39, 0.29) is 29.4 Å². The van der Waals surface area contributed by atoms with Crippen LogP contribution < -0.4 is 5.32 Å². The van der Waals surface area contributed by atoms with Gasteiger partial charge in [-0.15, -0.1) is 0 Å². The summed E-state index contributed by atoms with van der Waals surface area (Å²) in [4.78, 5) is 15.5. The molecule has 1 amide bonds. The van der Waals surface area contributed by atoms with Crippen LogP contribution in [0.3, 0.4) is 0 Å². The number of hydrogen-bond donors (Lipinski definition) is 3. The average molecular weight is 236 g/mol. The summed E-state index contributed by atoms with van der Waals surface area (Å²) in [6, 6.07) is 2.89. The zero-order chi connectivity index (χ0) is 12.3. The number of carbonyl (C=O) groups is 1. The van der Waals surface area contributed by atoms with E-state index in [4.69, 9.17) is 5.11 Å². The van der Waals surface area contributed by atoms with Crippen LogP contribution in [0.15, 0.2) is 18.3 Å². The number of aromatic nitrogens is 1. The molecule has 2 rings (SSSR count). The van der Waals surface area contributed by atoms with Crippen LogP contribution in [0.5, 0.6) is 5.75 Å². The third kappa shape index (κ3) is 2.94. The monoisotopic (exact) mass is 236 g/mol. The predicted octanol–water partition coefficient (Wildman–Crippen LogP) is 0.678. The Morgan fingerprint density at radius 2 is 2.29 bits per heavy atom. The topological polar surface area (TPSA) is 82.5 Å². The van der Waals surface area contributed by atoms with Crippen LogP contribution in [0.4, 0.5) is 0 Å². The summed E-state index contributed by atoms with van der Waals surface area (Å²) in [5.74, 6) is -0.0899. The summed E-state index contributed by atoms with van der Waals surface area (Å²) in [5, 5.41) is 21.4. The smallest absolute Gasteiger partial charge is 0.269 e. The van der Waals surface area contributed by atoms with E-state index < -0.39 is 0 Å². The van der Waals surface area contributed by atoms with Gasteiger partial charge in [-0.05, 0) is 25.0 Å². The highest BCUT2D eigenvalue weighted by molar-refractivity contribution is 5.92. The van der Waals surface area contributed by atoms with Crippen LogP contribution >= 0.6 is 0 Å². The van der Waals surface area contributed by atoms with E-state index in [0.29, 0.717) is 6.54 Å². The summed E-state index contributed by atoms with van der Waals surface area (Å²) in [6.45, 7) is 0.475. The first-order valence-electron chi connectivity index (χ1n) is 5.78. The van der Waals surface area contributed by atoms with Gasteiger partial charge < -0.3 is 15.5 Å². The van der Waals surface area contributed by atoms with Crippen LogP contribution in [-0.2, 0) is 0 Å². The number of rotatable bonds is 3. The number of nitrogens with one attached hydrogen (secondary N) is 1. The molecule has 0 saturated heterocycles. The first kappa shape index (κ1) is 11.9. The van der Waals surface area contributed by atoms with Crippen molar-refractivity contribution in [1.29, 1.82) is 0 Å². The van der Waals surface area contributed by atoms with Crippen LogP contribution in [0, 0.1) is 5.92 Å². The molecule has 0 radical (unpaired) electrons. The number of carbonyl (C=O) groups excluding carboxylic acids is 1.